The minimum absolute atomic E-state index is 0.0747. The van der Waals surface area contributed by atoms with Crippen LogP contribution in [-0.2, 0) is 24.8 Å². The van der Waals surface area contributed by atoms with Gasteiger partial charge >= 0.3 is 0 Å². The molecular formula is C20H28N4O. The second kappa shape index (κ2) is 8.30. The lowest BCUT2D eigenvalue weighted by Crippen LogP contribution is -2.48. The zero-order valence-corrected chi connectivity index (χ0v) is 15.2. The number of hydrogen-bond donors (Lipinski definition) is 1. The summed E-state index contributed by atoms with van der Waals surface area (Å²) in [6.45, 7) is 4.55. The van der Waals surface area contributed by atoms with Gasteiger partial charge in [0.1, 0.15) is 0 Å². The van der Waals surface area contributed by atoms with Gasteiger partial charge in [-0.3, -0.25) is 14.4 Å². The van der Waals surface area contributed by atoms with Crippen molar-refractivity contribution in [2.24, 2.45) is 13.0 Å². The molecule has 5 nitrogen and oxygen atoms in total. The summed E-state index contributed by atoms with van der Waals surface area (Å²) in [5, 5.41) is 7.15. The molecule has 1 fully saturated rings. The lowest BCUT2D eigenvalue weighted by atomic mass is 9.89. The molecule has 1 aromatic heterocycles. The van der Waals surface area contributed by atoms with Crippen LogP contribution in [0.25, 0.3) is 0 Å². The minimum atomic E-state index is -0.0747. The Labute approximate surface area is 150 Å². The number of aromatic nitrogens is 2. The number of piperidine rings is 1. The summed E-state index contributed by atoms with van der Waals surface area (Å²) >= 11 is 0. The van der Waals surface area contributed by atoms with Crippen molar-refractivity contribution in [2.45, 2.75) is 38.8 Å². The lowest BCUT2D eigenvalue weighted by Gasteiger charge is -2.35. The smallest absolute Gasteiger partial charge is 0.237 e. The van der Waals surface area contributed by atoms with Gasteiger partial charge in [0, 0.05) is 25.4 Å². The molecule has 0 aliphatic carbocycles. The van der Waals surface area contributed by atoms with E-state index in [-0.39, 0.29) is 11.9 Å². The van der Waals surface area contributed by atoms with Gasteiger partial charge in [0.15, 0.2) is 0 Å². The van der Waals surface area contributed by atoms with Crippen LogP contribution in [0.2, 0.25) is 0 Å². The molecule has 1 saturated heterocycles. The van der Waals surface area contributed by atoms with E-state index in [1.54, 1.807) is 10.9 Å². The van der Waals surface area contributed by atoms with Gasteiger partial charge in [-0.05, 0) is 50.8 Å². The van der Waals surface area contributed by atoms with Crippen molar-refractivity contribution in [1.29, 1.82) is 0 Å². The summed E-state index contributed by atoms with van der Waals surface area (Å²) in [4.78, 5) is 14.7. The number of nitrogens with zero attached hydrogens (tertiary/aromatic N) is 3. The van der Waals surface area contributed by atoms with Crippen molar-refractivity contribution in [3.05, 3.63) is 53.9 Å². The van der Waals surface area contributed by atoms with Gasteiger partial charge in [-0.15, -0.1) is 0 Å². The number of nitrogens with one attached hydrogen (secondary N) is 1. The summed E-state index contributed by atoms with van der Waals surface area (Å²) in [6.07, 6.45) is 7.19. The van der Waals surface area contributed by atoms with E-state index < -0.39 is 0 Å². The average Bonchev–Trinajstić information content (AvgIpc) is 3.06. The number of aryl methyl sites for hydroxylation is 1. The third-order valence-electron chi connectivity index (χ3n) is 5.17. The van der Waals surface area contributed by atoms with E-state index in [0.717, 1.165) is 43.8 Å². The van der Waals surface area contributed by atoms with Crippen molar-refractivity contribution in [3.8, 4) is 0 Å². The number of carbonyl (C=O) groups is 1. The summed E-state index contributed by atoms with van der Waals surface area (Å²) in [6, 6.07) is 10.6. The van der Waals surface area contributed by atoms with Crippen molar-refractivity contribution < 1.29 is 4.79 Å². The molecule has 1 aliphatic heterocycles. The van der Waals surface area contributed by atoms with Gasteiger partial charge in [0.05, 0.1) is 12.2 Å². The molecular weight excluding hydrogens is 312 g/mol. The Bertz CT molecular complexity index is 674. The fourth-order valence-corrected chi connectivity index (χ4v) is 3.56. The Morgan fingerprint density at radius 1 is 1.24 bits per heavy atom. The van der Waals surface area contributed by atoms with E-state index in [9.17, 15) is 4.79 Å². The number of benzene rings is 1. The van der Waals surface area contributed by atoms with E-state index in [0.29, 0.717) is 6.54 Å². The minimum Gasteiger partial charge on any atom is -0.351 e. The van der Waals surface area contributed by atoms with Crippen LogP contribution in [0.5, 0.6) is 0 Å². The predicted molar refractivity (Wildman–Crippen MR) is 99.0 cm³/mol. The van der Waals surface area contributed by atoms with E-state index in [1.165, 1.54) is 5.56 Å². The molecule has 134 valence electrons. The summed E-state index contributed by atoms with van der Waals surface area (Å²) < 4.78 is 1.75. The highest BCUT2D eigenvalue weighted by molar-refractivity contribution is 5.81. The number of carbonyl (C=O) groups excluding carboxylic acids is 1. The fourth-order valence-electron chi connectivity index (χ4n) is 3.56. The quantitative estimate of drug-likeness (QED) is 0.878. The molecule has 2 heterocycles. The third kappa shape index (κ3) is 4.92. The number of amides is 1. The molecule has 0 radical (unpaired) electrons. The first-order valence-corrected chi connectivity index (χ1v) is 9.15. The van der Waals surface area contributed by atoms with Crippen LogP contribution in [0, 0.1) is 5.92 Å². The van der Waals surface area contributed by atoms with Gasteiger partial charge in [0.2, 0.25) is 5.91 Å². The maximum atomic E-state index is 12.4. The topological polar surface area (TPSA) is 50.2 Å². The van der Waals surface area contributed by atoms with Crippen LogP contribution < -0.4 is 5.32 Å². The molecule has 5 heteroatoms. The Kier molecular flexibility index (Phi) is 5.87. The third-order valence-corrected chi connectivity index (χ3v) is 5.17. The highest BCUT2D eigenvalue weighted by Gasteiger charge is 2.26. The van der Waals surface area contributed by atoms with Crippen LogP contribution in [0.4, 0.5) is 0 Å². The molecule has 1 N–H and O–H groups in total. The Morgan fingerprint density at radius 2 is 1.96 bits per heavy atom. The standard InChI is InChI=1S/C20H28N4O/c1-16(20(25)21-13-19-14-22-23(2)15-19)24-10-8-18(9-11-24)12-17-6-4-3-5-7-17/h3-7,14-16,18H,8-13H2,1-2H3,(H,21,25)/t16-/m1/s1. The highest BCUT2D eigenvalue weighted by atomic mass is 16.2. The molecule has 0 spiro atoms. The molecule has 0 unspecified atom stereocenters. The maximum Gasteiger partial charge on any atom is 0.237 e. The van der Waals surface area contributed by atoms with E-state index in [4.69, 9.17) is 0 Å². The Morgan fingerprint density at radius 3 is 2.60 bits per heavy atom. The van der Waals surface area contributed by atoms with E-state index >= 15 is 0 Å². The van der Waals surface area contributed by atoms with Crippen molar-refractivity contribution in [3.63, 3.8) is 0 Å². The predicted octanol–water partition coefficient (Wildman–Crippen LogP) is 2.38. The monoisotopic (exact) mass is 340 g/mol. The molecule has 1 aromatic carbocycles. The van der Waals surface area contributed by atoms with Crippen LogP contribution in [0.15, 0.2) is 42.7 Å². The SMILES string of the molecule is C[C@H](C(=O)NCc1cnn(C)c1)N1CCC(Cc2ccccc2)CC1. The number of hydrogen-bond acceptors (Lipinski definition) is 3. The molecule has 25 heavy (non-hydrogen) atoms. The highest BCUT2D eigenvalue weighted by Crippen LogP contribution is 2.22. The normalized spacial score (nSPS) is 17.4. The second-order valence-corrected chi connectivity index (χ2v) is 7.09. The number of rotatable bonds is 6. The molecule has 0 saturated carbocycles. The Hall–Kier alpha value is -2.14. The van der Waals surface area contributed by atoms with Crippen LogP contribution in [-0.4, -0.2) is 39.7 Å². The van der Waals surface area contributed by atoms with Crippen molar-refractivity contribution in [2.75, 3.05) is 13.1 Å². The first kappa shape index (κ1) is 17.7. The zero-order chi connectivity index (χ0) is 17.6. The van der Waals surface area contributed by atoms with Crippen LogP contribution in [0.1, 0.15) is 30.9 Å². The average molecular weight is 340 g/mol. The zero-order valence-electron chi connectivity index (χ0n) is 15.2. The second-order valence-electron chi connectivity index (χ2n) is 7.09. The summed E-state index contributed by atoms with van der Waals surface area (Å²) in [7, 11) is 1.88. The Balaban J connectivity index is 1.42. The van der Waals surface area contributed by atoms with Gasteiger partial charge in [-0.1, -0.05) is 30.3 Å². The summed E-state index contributed by atoms with van der Waals surface area (Å²) in [5.41, 5.74) is 2.45. The van der Waals surface area contributed by atoms with Gasteiger partial charge in [-0.25, -0.2) is 0 Å². The van der Waals surface area contributed by atoms with Gasteiger partial charge in [-0.2, -0.15) is 5.10 Å². The number of likely N-dealkylation sites (tertiary alicyclic amines) is 1. The summed E-state index contributed by atoms with van der Waals surface area (Å²) in [5.74, 6) is 0.828. The largest absolute Gasteiger partial charge is 0.351 e. The molecule has 1 atom stereocenters. The molecule has 3 rings (SSSR count). The van der Waals surface area contributed by atoms with E-state index in [1.807, 2.05) is 20.2 Å². The van der Waals surface area contributed by atoms with Crippen LogP contribution >= 0.6 is 0 Å². The first-order chi connectivity index (χ1) is 12.1. The lowest BCUT2D eigenvalue weighted by molar-refractivity contribution is -0.126. The fraction of sp³-hybridized carbons (Fsp3) is 0.500. The molecule has 2 aromatic rings. The first-order valence-electron chi connectivity index (χ1n) is 9.15. The van der Waals surface area contributed by atoms with Crippen molar-refractivity contribution >= 4 is 5.91 Å². The van der Waals surface area contributed by atoms with Crippen molar-refractivity contribution in [1.82, 2.24) is 20.0 Å². The van der Waals surface area contributed by atoms with Gasteiger partial charge < -0.3 is 5.32 Å². The molecule has 1 aliphatic rings. The van der Waals surface area contributed by atoms with Gasteiger partial charge in [0.25, 0.3) is 0 Å². The maximum absolute atomic E-state index is 12.4. The molecule has 0 bridgehead atoms. The van der Waals surface area contributed by atoms with E-state index in [2.05, 4.69) is 45.6 Å². The molecule has 1 amide bonds. The van der Waals surface area contributed by atoms with Crippen LogP contribution in [0.3, 0.4) is 0 Å².